The molecule has 0 spiro atoms. The topological polar surface area (TPSA) is 103 Å². The molecule has 0 aliphatic heterocycles. The maximum absolute atomic E-state index is 5.67. The number of fused-ring (bicyclic) bond motifs is 1. The molecular formula is C11H10N6O. The highest BCUT2D eigenvalue weighted by Crippen LogP contribution is 2.27. The fourth-order valence-corrected chi connectivity index (χ4v) is 1.73. The number of nitrogens with zero attached hydrogens (tertiary/aromatic N) is 4. The van der Waals surface area contributed by atoms with Crippen molar-refractivity contribution in [3.63, 3.8) is 0 Å². The van der Waals surface area contributed by atoms with Crippen molar-refractivity contribution in [1.29, 1.82) is 0 Å². The molecule has 0 radical (unpaired) electrons. The zero-order chi connectivity index (χ0) is 12.5. The van der Waals surface area contributed by atoms with E-state index in [1.54, 1.807) is 25.7 Å². The summed E-state index contributed by atoms with van der Waals surface area (Å²) in [6.45, 7) is 0. The minimum Gasteiger partial charge on any atom is -0.495 e. The van der Waals surface area contributed by atoms with E-state index in [0.29, 0.717) is 17.1 Å². The number of methoxy groups -OCH3 is 1. The highest BCUT2D eigenvalue weighted by Gasteiger charge is 2.11. The second-order valence-electron chi connectivity index (χ2n) is 3.68. The van der Waals surface area contributed by atoms with Gasteiger partial charge in [-0.3, -0.25) is 10.1 Å². The maximum Gasteiger partial charge on any atom is 0.222 e. The van der Waals surface area contributed by atoms with Crippen LogP contribution in [0.4, 0.5) is 5.95 Å². The van der Waals surface area contributed by atoms with Crippen LogP contribution in [0, 0.1) is 0 Å². The van der Waals surface area contributed by atoms with Crippen molar-refractivity contribution in [3.8, 4) is 17.0 Å². The summed E-state index contributed by atoms with van der Waals surface area (Å²) in [5.41, 5.74) is 7.75. The summed E-state index contributed by atoms with van der Waals surface area (Å²) >= 11 is 0. The second kappa shape index (κ2) is 3.95. The smallest absolute Gasteiger partial charge is 0.222 e. The first-order valence-electron chi connectivity index (χ1n) is 5.24. The lowest BCUT2D eigenvalue weighted by molar-refractivity contribution is 0.413. The molecule has 0 fully saturated rings. The third-order valence-electron chi connectivity index (χ3n) is 2.55. The van der Waals surface area contributed by atoms with Gasteiger partial charge in [-0.15, -0.1) is 0 Å². The number of hydrogen-bond donors (Lipinski definition) is 2. The number of rotatable bonds is 2. The summed E-state index contributed by atoms with van der Waals surface area (Å²) in [7, 11) is 1.59. The van der Waals surface area contributed by atoms with Gasteiger partial charge in [0.2, 0.25) is 5.95 Å². The van der Waals surface area contributed by atoms with Crippen LogP contribution in [0.2, 0.25) is 0 Å². The van der Waals surface area contributed by atoms with Crippen molar-refractivity contribution in [3.05, 3.63) is 24.7 Å². The normalized spacial score (nSPS) is 10.7. The lowest BCUT2D eigenvalue weighted by Crippen LogP contribution is -1.98. The summed E-state index contributed by atoms with van der Waals surface area (Å²) in [6.07, 6.45) is 4.97. The van der Waals surface area contributed by atoms with Crippen LogP contribution in [0.1, 0.15) is 0 Å². The molecule has 18 heavy (non-hydrogen) atoms. The van der Waals surface area contributed by atoms with Crippen LogP contribution in [-0.2, 0) is 0 Å². The highest BCUT2D eigenvalue weighted by atomic mass is 16.5. The molecule has 3 aromatic heterocycles. The number of nitrogens with one attached hydrogen (secondary N) is 1. The van der Waals surface area contributed by atoms with Crippen LogP contribution in [0.5, 0.6) is 5.75 Å². The van der Waals surface area contributed by atoms with Gasteiger partial charge in [-0.05, 0) is 6.07 Å². The van der Waals surface area contributed by atoms with Crippen LogP contribution >= 0.6 is 0 Å². The average Bonchev–Trinajstić information content (AvgIpc) is 2.85. The zero-order valence-electron chi connectivity index (χ0n) is 9.58. The van der Waals surface area contributed by atoms with E-state index in [1.807, 2.05) is 6.07 Å². The lowest BCUT2D eigenvalue weighted by Gasteiger charge is -2.04. The van der Waals surface area contributed by atoms with Crippen LogP contribution in [-0.4, -0.2) is 32.3 Å². The van der Waals surface area contributed by atoms with Crippen molar-refractivity contribution < 1.29 is 4.74 Å². The average molecular weight is 242 g/mol. The Morgan fingerprint density at radius 1 is 1.22 bits per heavy atom. The van der Waals surface area contributed by atoms with Gasteiger partial charge in [0.1, 0.15) is 5.75 Å². The molecule has 3 rings (SSSR count). The fourth-order valence-electron chi connectivity index (χ4n) is 1.73. The molecule has 0 aliphatic carbocycles. The third-order valence-corrected chi connectivity index (χ3v) is 2.55. The molecule has 3 aromatic rings. The van der Waals surface area contributed by atoms with Gasteiger partial charge in [-0.25, -0.2) is 4.98 Å². The highest BCUT2D eigenvalue weighted by molar-refractivity contribution is 5.90. The number of aromatic nitrogens is 5. The third kappa shape index (κ3) is 1.61. The van der Waals surface area contributed by atoms with E-state index in [2.05, 4.69) is 25.1 Å². The SMILES string of the molecule is COc1cncc(-c2nc(N)nc3[nH]ncc23)c1. The van der Waals surface area contributed by atoms with Crippen molar-refractivity contribution >= 4 is 17.0 Å². The molecule has 90 valence electrons. The molecule has 0 aliphatic rings. The first kappa shape index (κ1) is 10.5. The maximum atomic E-state index is 5.67. The van der Waals surface area contributed by atoms with Gasteiger partial charge in [0, 0.05) is 11.8 Å². The number of nitrogen functional groups attached to an aromatic ring is 1. The van der Waals surface area contributed by atoms with E-state index >= 15 is 0 Å². The minimum atomic E-state index is 0.185. The van der Waals surface area contributed by atoms with Gasteiger partial charge in [0.05, 0.1) is 30.6 Å². The Morgan fingerprint density at radius 2 is 2.11 bits per heavy atom. The second-order valence-corrected chi connectivity index (χ2v) is 3.68. The van der Waals surface area contributed by atoms with Gasteiger partial charge in [-0.1, -0.05) is 0 Å². The molecule has 0 aromatic carbocycles. The molecule has 0 amide bonds. The summed E-state index contributed by atoms with van der Waals surface area (Å²) in [5, 5.41) is 7.49. The quantitative estimate of drug-likeness (QED) is 0.695. The van der Waals surface area contributed by atoms with E-state index in [9.17, 15) is 0 Å². The van der Waals surface area contributed by atoms with Gasteiger partial charge in [0.25, 0.3) is 0 Å². The predicted molar refractivity (Wildman–Crippen MR) is 65.9 cm³/mol. The van der Waals surface area contributed by atoms with Crippen molar-refractivity contribution in [1.82, 2.24) is 25.1 Å². The fraction of sp³-hybridized carbons (Fsp3) is 0.0909. The van der Waals surface area contributed by atoms with Crippen molar-refractivity contribution in [2.45, 2.75) is 0 Å². The Labute approximate surface area is 102 Å². The lowest BCUT2D eigenvalue weighted by atomic mass is 10.1. The Morgan fingerprint density at radius 3 is 2.94 bits per heavy atom. The van der Waals surface area contributed by atoms with Gasteiger partial charge >= 0.3 is 0 Å². The van der Waals surface area contributed by atoms with Crippen LogP contribution in [0.25, 0.3) is 22.3 Å². The first-order valence-corrected chi connectivity index (χ1v) is 5.24. The molecule has 7 heteroatoms. The molecule has 0 saturated heterocycles. The Balaban J connectivity index is 2.26. The van der Waals surface area contributed by atoms with Gasteiger partial charge < -0.3 is 10.5 Å². The summed E-state index contributed by atoms with van der Waals surface area (Å²) in [4.78, 5) is 12.4. The van der Waals surface area contributed by atoms with E-state index in [-0.39, 0.29) is 5.95 Å². The van der Waals surface area contributed by atoms with Gasteiger partial charge in [-0.2, -0.15) is 10.1 Å². The van der Waals surface area contributed by atoms with E-state index < -0.39 is 0 Å². The van der Waals surface area contributed by atoms with Crippen molar-refractivity contribution in [2.75, 3.05) is 12.8 Å². The molecule has 3 N–H and O–H groups in total. The minimum absolute atomic E-state index is 0.185. The summed E-state index contributed by atoms with van der Waals surface area (Å²) in [6, 6.07) is 1.83. The van der Waals surface area contributed by atoms with Crippen LogP contribution in [0.3, 0.4) is 0 Å². The van der Waals surface area contributed by atoms with Gasteiger partial charge in [0.15, 0.2) is 5.65 Å². The molecule has 0 saturated carbocycles. The molecule has 3 heterocycles. The largest absolute Gasteiger partial charge is 0.495 e. The number of H-pyrrole nitrogens is 1. The van der Waals surface area contributed by atoms with Crippen molar-refractivity contribution in [2.24, 2.45) is 0 Å². The first-order chi connectivity index (χ1) is 8.78. The number of nitrogens with two attached hydrogens (primary N) is 1. The zero-order valence-corrected chi connectivity index (χ0v) is 9.58. The molecule has 0 atom stereocenters. The number of hydrogen-bond acceptors (Lipinski definition) is 6. The molecule has 7 nitrogen and oxygen atoms in total. The Hall–Kier alpha value is -2.70. The van der Waals surface area contributed by atoms with E-state index in [0.717, 1.165) is 10.9 Å². The number of aromatic amines is 1. The molecular weight excluding hydrogens is 232 g/mol. The summed E-state index contributed by atoms with van der Waals surface area (Å²) < 4.78 is 5.14. The van der Waals surface area contributed by atoms with Crippen LogP contribution in [0.15, 0.2) is 24.7 Å². The molecule has 0 bridgehead atoms. The summed E-state index contributed by atoms with van der Waals surface area (Å²) in [5.74, 6) is 0.839. The molecule has 0 unspecified atom stereocenters. The number of pyridine rings is 1. The van der Waals surface area contributed by atoms with E-state index in [4.69, 9.17) is 10.5 Å². The van der Waals surface area contributed by atoms with E-state index in [1.165, 1.54) is 0 Å². The predicted octanol–water partition coefficient (Wildman–Crippen LogP) is 1.01. The number of ether oxygens (including phenoxy) is 1. The standard InChI is InChI=1S/C11H10N6O/c1-18-7-2-6(3-13-4-7)9-8-5-14-17-10(8)16-11(12)15-9/h2-5H,1H3,(H3,12,14,15,16,17). The van der Waals surface area contributed by atoms with Crippen LogP contribution < -0.4 is 10.5 Å². The Kier molecular flexibility index (Phi) is 2.30. The number of anilines is 1. The Bertz CT molecular complexity index is 708. The monoisotopic (exact) mass is 242 g/mol.